The molecule has 2 nitrogen and oxygen atoms in total. The Labute approximate surface area is 213 Å². The molecule has 0 radical (unpaired) electrons. The predicted octanol–water partition coefficient (Wildman–Crippen LogP) is 9.24. The largest absolute Gasteiger partial charge is 0.291 e. The smallest absolute Gasteiger partial charge is 0.147 e. The maximum absolute atomic E-state index is 5.22. The third-order valence-electron chi connectivity index (χ3n) is 6.71. The van der Waals surface area contributed by atoms with Crippen molar-refractivity contribution in [3.8, 4) is 39.3 Å². The van der Waals surface area contributed by atoms with E-state index in [9.17, 15) is 0 Å². The van der Waals surface area contributed by atoms with E-state index in [-0.39, 0.29) is 0 Å². The van der Waals surface area contributed by atoms with Crippen LogP contribution in [0.25, 0.3) is 60.4 Å². The van der Waals surface area contributed by atoms with Crippen LogP contribution in [-0.2, 0) is 0 Å². The van der Waals surface area contributed by atoms with Crippen molar-refractivity contribution in [2.45, 2.75) is 0 Å². The first-order valence-electron chi connectivity index (χ1n) is 12.1. The molecule has 0 amide bonds. The van der Waals surface area contributed by atoms with Gasteiger partial charge in [-0.05, 0) is 29.3 Å². The van der Waals surface area contributed by atoms with E-state index in [1.807, 2.05) is 0 Å². The van der Waals surface area contributed by atoms with Crippen LogP contribution in [0.15, 0.2) is 133 Å². The van der Waals surface area contributed by atoms with Crippen LogP contribution in [0.3, 0.4) is 0 Å². The Morgan fingerprint density at radius 1 is 0.528 bits per heavy atom. The molecule has 0 aliphatic heterocycles. The summed E-state index contributed by atoms with van der Waals surface area (Å²) in [6.45, 7) is 0. The zero-order chi connectivity index (χ0) is 23.9. The third kappa shape index (κ3) is 3.36. The molecular formula is C33H22N2S. The molecule has 0 aliphatic rings. The third-order valence-corrected chi connectivity index (χ3v) is 7.68. The van der Waals surface area contributed by atoms with Crippen molar-refractivity contribution < 1.29 is 0 Å². The SMILES string of the molecule is c1ccc(-c2cccc(-c3ccccc3)c2-n2c(-c3csc4ccccc34)nc3ccccc32)cc1. The first-order valence-corrected chi connectivity index (χ1v) is 12.9. The van der Waals surface area contributed by atoms with Gasteiger partial charge in [0.1, 0.15) is 5.82 Å². The van der Waals surface area contributed by atoms with E-state index in [0.29, 0.717) is 0 Å². The fraction of sp³-hybridized carbons (Fsp3) is 0. The van der Waals surface area contributed by atoms with Crippen LogP contribution in [0.4, 0.5) is 0 Å². The van der Waals surface area contributed by atoms with E-state index in [4.69, 9.17) is 4.98 Å². The molecule has 0 N–H and O–H groups in total. The summed E-state index contributed by atoms with van der Waals surface area (Å²) in [5.74, 6) is 0.967. The molecule has 170 valence electrons. The summed E-state index contributed by atoms with van der Waals surface area (Å²) in [6, 6.07) is 45.0. The Morgan fingerprint density at radius 2 is 1.14 bits per heavy atom. The molecule has 2 heterocycles. The Bertz CT molecular complexity index is 1770. The highest BCUT2D eigenvalue weighted by atomic mass is 32.1. The van der Waals surface area contributed by atoms with Gasteiger partial charge in [0, 0.05) is 32.2 Å². The number of benzene rings is 5. The first kappa shape index (κ1) is 20.9. The average Bonchev–Trinajstić information content (AvgIpc) is 3.55. The predicted molar refractivity (Wildman–Crippen MR) is 153 cm³/mol. The molecule has 0 saturated carbocycles. The number of aromatic nitrogens is 2. The molecular weight excluding hydrogens is 456 g/mol. The van der Waals surface area contributed by atoms with Gasteiger partial charge in [-0.2, -0.15) is 0 Å². The van der Waals surface area contributed by atoms with E-state index in [1.165, 1.54) is 32.3 Å². The Morgan fingerprint density at radius 3 is 1.86 bits per heavy atom. The second-order valence-corrected chi connectivity index (χ2v) is 9.75. The summed E-state index contributed by atoms with van der Waals surface area (Å²) < 4.78 is 3.64. The molecule has 7 aromatic rings. The normalized spacial score (nSPS) is 11.3. The summed E-state index contributed by atoms with van der Waals surface area (Å²) in [7, 11) is 0. The van der Waals surface area contributed by atoms with Crippen molar-refractivity contribution in [2.75, 3.05) is 0 Å². The van der Waals surface area contributed by atoms with Gasteiger partial charge in [-0.25, -0.2) is 4.98 Å². The van der Waals surface area contributed by atoms with Gasteiger partial charge in [0.2, 0.25) is 0 Å². The van der Waals surface area contributed by atoms with Crippen molar-refractivity contribution in [1.82, 2.24) is 9.55 Å². The van der Waals surface area contributed by atoms with Gasteiger partial charge >= 0.3 is 0 Å². The minimum absolute atomic E-state index is 0.967. The van der Waals surface area contributed by atoms with Gasteiger partial charge < -0.3 is 0 Å². The van der Waals surface area contributed by atoms with Crippen LogP contribution >= 0.6 is 11.3 Å². The lowest BCUT2D eigenvalue weighted by atomic mass is 9.95. The van der Waals surface area contributed by atoms with Crippen LogP contribution in [0.1, 0.15) is 0 Å². The van der Waals surface area contributed by atoms with E-state index in [2.05, 4.69) is 137 Å². The van der Waals surface area contributed by atoms with E-state index >= 15 is 0 Å². The molecule has 0 unspecified atom stereocenters. The zero-order valence-electron chi connectivity index (χ0n) is 19.5. The molecule has 0 atom stereocenters. The second-order valence-electron chi connectivity index (χ2n) is 8.84. The molecule has 0 fully saturated rings. The second kappa shape index (κ2) is 8.63. The van der Waals surface area contributed by atoms with Crippen molar-refractivity contribution in [3.63, 3.8) is 0 Å². The maximum atomic E-state index is 5.22. The van der Waals surface area contributed by atoms with Crippen LogP contribution in [0.2, 0.25) is 0 Å². The molecule has 3 heteroatoms. The number of imidazole rings is 1. The standard InChI is InChI=1S/C33H22N2S/c1-3-12-23(13-4-1)25-17-11-18-26(24-14-5-2-6-15-24)32(25)35-30-20-9-8-19-29(30)34-33(35)28-22-36-31-21-10-7-16-27(28)31/h1-22H. The fourth-order valence-corrected chi connectivity index (χ4v) is 6.01. The minimum Gasteiger partial charge on any atom is -0.291 e. The lowest BCUT2D eigenvalue weighted by Gasteiger charge is -2.19. The number of hydrogen-bond acceptors (Lipinski definition) is 2. The van der Waals surface area contributed by atoms with Gasteiger partial charge in [0.25, 0.3) is 0 Å². The van der Waals surface area contributed by atoms with E-state index < -0.39 is 0 Å². The van der Waals surface area contributed by atoms with Gasteiger partial charge in [-0.15, -0.1) is 11.3 Å². The Hall–Kier alpha value is -4.47. The zero-order valence-corrected chi connectivity index (χ0v) is 20.3. The molecule has 0 aliphatic carbocycles. The number of rotatable bonds is 4. The van der Waals surface area contributed by atoms with Crippen LogP contribution in [0, 0.1) is 0 Å². The average molecular weight is 479 g/mol. The van der Waals surface area contributed by atoms with Gasteiger partial charge in [0.05, 0.1) is 16.7 Å². The van der Waals surface area contributed by atoms with Crippen LogP contribution in [0.5, 0.6) is 0 Å². The number of nitrogens with zero attached hydrogens (tertiary/aromatic N) is 2. The molecule has 5 aromatic carbocycles. The number of thiophene rings is 1. The van der Waals surface area contributed by atoms with Crippen molar-refractivity contribution in [1.29, 1.82) is 0 Å². The molecule has 0 bridgehead atoms. The molecule has 36 heavy (non-hydrogen) atoms. The number of hydrogen-bond donors (Lipinski definition) is 0. The van der Waals surface area contributed by atoms with Crippen LogP contribution in [-0.4, -0.2) is 9.55 Å². The van der Waals surface area contributed by atoms with E-state index in [0.717, 1.165) is 28.1 Å². The highest BCUT2D eigenvalue weighted by Crippen LogP contribution is 2.42. The van der Waals surface area contributed by atoms with E-state index in [1.54, 1.807) is 11.3 Å². The van der Waals surface area contributed by atoms with Gasteiger partial charge in [-0.1, -0.05) is 109 Å². The number of para-hydroxylation sites is 3. The van der Waals surface area contributed by atoms with Gasteiger partial charge in [0.15, 0.2) is 0 Å². The summed E-state index contributed by atoms with van der Waals surface area (Å²) in [4.78, 5) is 5.22. The highest BCUT2D eigenvalue weighted by molar-refractivity contribution is 7.17. The van der Waals surface area contributed by atoms with Crippen molar-refractivity contribution in [2.24, 2.45) is 0 Å². The van der Waals surface area contributed by atoms with Crippen molar-refractivity contribution >= 4 is 32.5 Å². The maximum Gasteiger partial charge on any atom is 0.147 e. The summed E-state index contributed by atoms with van der Waals surface area (Å²) in [5, 5.41) is 3.48. The summed E-state index contributed by atoms with van der Waals surface area (Å²) >= 11 is 1.77. The Balaban J connectivity index is 1.64. The molecule has 7 rings (SSSR count). The molecule has 0 spiro atoms. The fourth-order valence-electron chi connectivity index (χ4n) is 5.07. The number of fused-ring (bicyclic) bond motifs is 2. The van der Waals surface area contributed by atoms with Crippen LogP contribution < -0.4 is 0 Å². The topological polar surface area (TPSA) is 17.8 Å². The molecule has 2 aromatic heterocycles. The van der Waals surface area contributed by atoms with Crippen molar-refractivity contribution in [3.05, 3.63) is 133 Å². The Kier molecular flexibility index (Phi) is 5.00. The first-order chi connectivity index (χ1) is 17.9. The lowest BCUT2D eigenvalue weighted by molar-refractivity contribution is 1.11. The monoisotopic (exact) mass is 478 g/mol. The highest BCUT2D eigenvalue weighted by Gasteiger charge is 2.22. The summed E-state index contributed by atoms with van der Waals surface area (Å²) in [5.41, 5.74) is 9.13. The van der Waals surface area contributed by atoms with Gasteiger partial charge in [-0.3, -0.25) is 4.57 Å². The summed E-state index contributed by atoms with van der Waals surface area (Å²) in [6.07, 6.45) is 0. The lowest BCUT2D eigenvalue weighted by Crippen LogP contribution is -2.03. The minimum atomic E-state index is 0.967. The quantitative estimate of drug-likeness (QED) is 0.246. The molecule has 0 saturated heterocycles.